The Morgan fingerprint density at radius 1 is 1.26 bits per heavy atom. The number of carbonyl (C=O) groups is 1. The van der Waals surface area contributed by atoms with E-state index in [0.717, 1.165) is 57.2 Å². The summed E-state index contributed by atoms with van der Waals surface area (Å²) in [7, 11) is 2.01. The molecule has 1 amide bonds. The number of amides is 1. The van der Waals surface area contributed by atoms with Crippen LogP contribution < -0.4 is 0 Å². The third-order valence-electron chi connectivity index (χ3n) is 4.38. The monoisotopic (exact) mass is 316 g/mol. The standard InChI is InChI=1S/C17H24N4O2/c1-3-14-5-6-15(23-14)17(22)21-9-4-8-20(11-12-21)13-16-18-7-10-19(16)2/h5-7,10H,3-4,8-9,11-13H2,1-2H3. The van der Waals surface area contributed by atoms with Gasteiger partial charge in [-0.15, -0.1) is 0 Å². The SMILES string of the molecule is CCc1ccc(C(=O)N2CCCN(Cc3nccn3C)CC2)o1. The van der Waals surface area contributed by atoms with E-state index in [4.69, 9.17) is 4.42 Å². The van der Waals surface area contributed by atoms with E-state index >= 15 is 0 Å². The van der Waals surface area contributed by atoms with Gasteiger partial charge in [-0.1, -0.05) is 6.92 Å². The first-order valence-electron chi connectivity index (χ1n) is 8.24. The van der Waals surface area contributed by atoms with Crippen LogP contribution in [0.15, 0.2) is 28.9 Å². The van der Waals surface area contributed by atoms with E-state index in [-0.39, 0.29) is 5.91 Å². The fraction of sp³-hybridized carbons (Fsp3) is 0.529. The first-order valence-corrected chi connectivity index (χ1v) is 8.24. The van der Waals surface area contributed by atoms with Crippen molar-refractivity contribution in [1.82, 2.24) is 19.4 Å². The quantitative estimate of drug-likeness (QED) is 0.865. The normalized spacial score (nSPS) is 16.5. The molecule has 0 N–H and O–H groups in total. The molecule has 0 saturated carbocycles. The van der Waals surface area contributed by atoms with Crippen molar-refractivity contribution < 1.29 is 9.21 Å². The maximum Gasteiger partial charge on any atom is 0.289 e. The van der Waals surface area contributed by atoms with Crippen LogP contribution >= 0.6 is 0 Å². The molecule has 3 rings (SSSR count). The van der Waals surface area contributed by atoms with Gasteiger partial charge in [-0.3, -0.25) is 9.69 Å². The van der Waals surface area contributed by atoms with Crippen molar-refractivity contribution in [1.29, 1.82) is 0 Å². The number of furan rings is 1. The Balaban J connectivity index is 1.59. The molecule has 0 aliphatic carbocycles. The first-order chi connectivity index (χ1) is 11.2. The lowest BCUT2D eigenvalue weighted by Crippen LogP contribution is -2.35. The van der Waals surface area contributed by atoms with Crippen LogP contribution in [0, 0.1) is 0 Å². The molecule has 124 valence electrons. The number of aromatic nitrogens is 2. The minimum Gasteiger partial charge on any atom is -0.456 e. The summed E-state index contributed by atoms with van der Waals surface area (Å²) in [5.74, 6) is 2.38. The maximum atomic E-state index is 12.6. The number of nitrogens with zero attached hydrogens (tertiary/aromatic N) is 4. The molecule has 1 saturated heterocycles. The zero-order valence-corrected chi connectivity index (χ0v) is 13.9. The molecule has 1 aliphatic heterocycles. The molecule has 0 atom stereocenters. The van der Waals surface area contributed by atoms with Gasteiger partial charge in [0.2, 0.25) is 0 Å². The minimum absolute atomic E-state index is 0.00328. The number of rotatable bonds is 4. The van der Waals surface area contributed by atoms with Gasteiger partial charge in [0.15, 0.2) is 5.76 Å². The molecule has 0 unspecified atom stereocenters. The molecule has 0 bridgehead atoms. The van der Waals surface area contributed by atoms with E-state index in [0.29, 0.717) is 5.76 Å². The largest absolute Gasteiger partial charge is 0.456 e. The highest BCUT2D eigenvalue weighted by Gasteiger charge is 2.23. The van der Waals surface area contributed by atoms with Crippen LogP contribution in [0.4, 0.5) is 0 Å². The summed E-state index contributed by atoms with van der Waals surface area (Å²) in [4.78, 5) is 21.2. The smallest absolute Gasteiger partial charge is 0.289 e. The second-order valence-corrected chi connectivity index (χ2v) is 6.00. The van der Waals surface area contributed by atoms with Crippen LogP contribution in [-0.2, 0) is 20.0 Å². The van der Waals surface area contributed by atoms with Gasteiger partial charge in [-0.05, 0) is 18.6 Å². The zero-order chi connectivity index (χ0) is 16.2. The van der Waals surface area contributed by atoms with E-state index in [1.54, 1.807) is 6.07 Å². The molecule has 6 heteroatoms. The lowest BCUT2D eigenvalue weighted by molar-refractivity contribution is 0.0727. The highest BCUT2D eigenvalue weighted by atomic mass is 16.4. The highest BCUT2D eigenvalue weighted by molar-refractivity contribution is 5.91. The summed E-state index contributed by atoms with van der Waals surface area (Å²) in [5, 5.41) is 0. The second kappa shape index (κ2) is 7.00. The fourth-order valence-corrected chi connectivity index (χ4v) is 2.92. The Hall–Kier alpha value is -2.08. The zero-order valence-electron chi connectivity index (χ0n) is 13.9. The fourth-order valence-electron chi connectivity index (χ4n) is 2.92. The van der Waals surface area contributed by atoms with Crippen molar-refractivity contribution >= 4 is 5.91 Å². The van der Waals surface area contributed by atoms with E-state index in [1.165, 1.54) is 0 Å². The number of hydrogen-bond donors (Lipinski definition) is 0. The first kappa shape index (κ1) is 15.8. The predicted molar refractivity (Wildman–Crippen MR) is 87.1 cm³/mol. The molecule has 1 aliphatic rings. The van der Waals surface area contributed by atoms with Crippen LogP contribution in [0.5, 0.6) is 0 Å². The molecular weight excluding hydrogens is 292 g/mol. The summed E-state index contributed by atoms with van der Waals surface area (Å²) < 4.78 is 7.64. The molecule has 0 spiro atoms. The van der Waals surface area contributed by atoms with Crippen molar-refractivity contribution in [3.05, 3.63) is 41.9 Å². The van der Waals surface area contributed by atoms with Gasteiger partial charge in [0.05, 0.1) is 6.54 Å². The molecule has 3 heterocycles. The maximum absolute atomic E-state index is 12.6. The minimum atomic E-state index is 0.00328. The van der Waals surface area contributed by atoms with E-state index in [9.17, 15) is 4.79 Å². The van der Waals surface area contributed by atoms with Crippen molar-refractivity contribution in [2.24, 2.45) is 7.05 Å². The number of aryl methyl sites for hydroxylation is 2. The molecule has 0 aromatic carbocycles. The lowest BCUT2D eigenvalue weighted by atomic mass is 10.3. The van der Waals surface area contributed by atoms with Crippen LogP contribution in [0.1, 0.15) is 35.5 Å². The van der Waals surface area contributed by atoms with E-state index in [1.807, 2.05) is 41.9 Å². The Morgan fingerprint density at radius 2 is 2.13 bits per heavy atom. The number of hydrogen-bond acceptors (Lipinski definition) is 4. The summed E-state index contributed by atoms with van der Waals surface area (Å²) in [6.45, 7) is 6.19. The van der Waals surface area contributed by atoms with E-state index < -0.39 is 0 Å². The molecule has 2 aromatic rings. The topological polar surface area (TPSA) is 54.5 Å². The van der Waals surface area contributed by atoms with Gasteiger partial charge in [0.1, 0.15) is 11.6 Å². The van der Waals surface area contributed by atoms with Gasteiger partial charge in [-0.2, -0.15) is 0 Å². The molecule has 23 heavy (non-hydrogen) atoms. The van der Waals surface area contributed by atoms with Crippen LogP contribution in [0.3, 0.4) is 0 Å². The molecule has 2 aromatic heterocycles. The summed E-state index contributed by atoms with van der Waals surface area (Å²) >= 11 is 0. The van der Waals surface area contributed by atoms with Gasteiger partial charge < -0.3 is 13.9 Å². The Bertz CT molecular complexity index is 661. The summed E-state index contributed by atoms with van der Waals surface area (Å²) in [6.07, 6.45) is 5.57. The van der Waals surface area contributed by atoms with Crippen molar-refractivity contribution in [2.45, 2.75) is 26.3 Å². The molecular formula is C17H24N4O2. The molecule has 0 radical (unpaired) electrons. The van der Waals surface area contributed by atoms with Crippen LogP contribution in [-0.4, -0.2) is 51.4 Å². The summed E-state index contributed by atoms with van der Waals surface area (Å²) in [5.41, 5.74) is 0. The van der Waals surface area contributed by atoms with Crippen molar-refractivity contribution in [2.75, 3.05) is 26.2 Å². The number of carbonyl (C=O) groups excluding carboxylic acids is 1. The highest BCUT2D eigenvalue weighted by Crippen LogP contribution is 2.14. The molecule has 1 fully saturated rings. The third kappa shape index (κ3) is 3.64. The lowest BCUT2D eigenvalue weighted by Gasteiger charge is -2.21. The van der Waals surface area contributed by atoms with Gasteiger partial charge in [0, 0.05) is 52.0 Å². The van der Waals surface area contributed by atoms with Gasteiger partial charge >= 0.3 is 0 Å². The Labute approximate surface area is 136 Å². The average molecular weight is 316 g/mol. The van der Waals surface area contributed by atoms with Crippen molar-refractivity contribution in [3.63, 3.8) is 0 Å². The van der Waals surface area contributed by atoms with Gasteiger partial charge in [0.25, 0.3) is 5.91 Å². The number of imidazole rings is 1. The van der Waals surface area contributed by atoms with Crippen molar-refractivity contribution in [3.8, 4) is 0 Å². The van der Waals surface area contributed by atoms with Crippen LogP contribution in [0.2, 0.25) is 0 Å². The van der Waals surface area contributed by atoms with Crippen LogP contribution in [0.25, 0.3) is 0 Å². The third-order valence-corrected chi connectivity index (χ3v) is 4.38. The second-order valence-electron chi connectivity index (χ2n) is 6.00. The Kier molecular flexibility index (Phi) is 4.81. The van der Waals surface area contributed by atoms with Gasteiger partial charge in [-0.25, -0.2) is 4.98 Å². The predicted octanol–water partition coefficient (Wildman–Crippen LogP) is 1.92. The summed E-state index contributed by atoms with van der Waals surface area (Å²) in [6, 6.07) is 3.68. The van der Waals surface area contributed by atoms with E-state index in [2.05, 4.69) is 9.88 Å². The average Bonchev–Trinajstić information content (AvgIpc) is 3.12. The Morgan fingerprint density at radius 3 is 2.83 bits per heavy atom. The molecule has 6 nitrogen and oxygen atoms in total.